The van der Waals surface area contributed by atoms with Crippen molar-refractivity contribution in [3.8, 4) is 0 Å². The Morgan fingerprint density at radius 2 is 1.87 bits per heavy atom. The Morgan fingerprint density at radius 3 is 2.53 bits per heavy atom. The van der Waals surface area contributed by atoms with Gasteiger partial charge in [0.25, 0.3) is 0 Å². The summed E-state index contributed by atoms with van der Waals surface area (Å²) in [6.45, 7) is 9.54. The van der Waals surface area contributed by atoms with Crippen molar-refractivity contribution < 1.29 is 0 Å². The second-order valence-electron chi connectivity index (χ2n) is 4.59. The molecule has 0 bridgehead atoms. The Labute approximate surface area is 90.1 Å². The lowest BCUT2D eigenvalue weighted by atomic mass is 10.1. The molecule has 1 heterocycles. The molecular formula is C12H17N3. The van der Waals surface area contributed by atoms with E-state index in [0.29, 0.717) is 5.92 Å². The minimum atomic E-state index is 0.594. The number of nitrogens with zero attached hydrogens (tertiary/aromatic N) is 3. The summed E-state index contributed by atoms with van der Waals surface area (Å²) in [5.41, 5.74) is 4.72. The van der Waals surface area contributed by atoms with Gasteiger partial charge in [-0.05, 0) is 43.0 Å². The van der Waals surface area contributed by atoms with E-state index in [1.54, 1.807) is 0 Å². The Kier molecular flexibility index (Phi) is 2.47. The van der Waals surface area contributed by atoms with Crippen LogP contribution >= 0.6 is 0 Å². The van der Waals surface area contributed by atoms with Gasteiger partial charge in [0, 0.05) is 6.54 Å². The Morgan fingerprint density at radius 1 is 1.20 bits per heavy atom. The Balaban J connectivity index is 2.54. The molecular weight excluding hydrogens is 186 g/mol. The van der Waals surface area contributed by atoms with Crippen molar-refractivity contribution in [3.63, 3.8) is 0 Å². The number of hydrogen-bond acceptors (Lipinski definition) is 2. The van der Waals surface area contributed by atoms with Crippen molar-refractivity contribution in [2.24, 2.45) is 5.92 Å². The van der Waals surface area contributed by atoms with Gasteiger partial charge in [-0.25, -0.2) is 4.68 Å². The van der Waals surface area contributed by atoms with Gasteiger partial charge in [-0.1, -0.05) is 19.1 Å². The van der Waals surface area contributed by atoms with Gasteiger partial charge in [-0.2, -0.15) is 0 Å². The fraction of sp³-hybridized carbons (Fsp3) is 0.500. The van der Waals surface area contributed by atoms with Gasteiger partial charge in [0.15, 0.2) is 0 Å². The summed E-state index contributed by atoms with van der Waals surface area (Å²) in [6.07, 6.45) is 0. The van der Waals surface area contributed by atoms with E-state index in [1.165, 1.54) is 11.1 Å². The van der Waals surface area contributed by atoms with E-state index in [-0.39, 0.29) is 0 Å². The van der Waals surface area contributed by atoms with Crippen molar-refractivity contribution in [2.45, 2.75) is 34.2 Å². The Hall–Kier alpha value is -1.38. The van der Waals surface area contributed by atoms with E-state index >= 15 is 0 Å². The molecule has 0 atom stereocenters. The van der Waals surface area contributed by atoms with Crippen LogP contribution in [0.25, 0.3) is 11.0 Å². The molecule has 0 aliphatic carbocycles. The topological polar surface area (TPSA) is 30.7 Å². The van der Waals surface area contributed by atoms with Crippen LogP contribution in [0.15, 0.2) is 12.1 Å². The van der Waals surface area contributed by atoms with E-state index in [4.69, 9.17) is 0 Å². The van der Waals surface area contributed by atoms with Crippen LogP contribution in [0.5, 0.6) is 0 Å². The average Bonchev–Trinajstić information content (AvgIpc) is 2.49. The molecule has 0 aliphatic heterocycles. The molecule has 0 amide bonds. The van der Waals surface area contributed by atoms with Gasteiger partial charge in [0.2, 0.25) is 0 Å². The maximum absolute atomic E-state index is 4.19. The minimum absolute atomic E-state index is 0.594. The van der Waals surface area contributed by atoms with Gasteiger partial charge >= 0.3 is 0 Å². The number of benzene rings is 1. The van der Waals surface area contributed by atoms with Crippen molar-refractivity contribution in [1.29, 1.82) is 0 Å². The predicted octanol–water partition coefficient (Wildman–Crippen LogP) is 2.70. The van der Waals surface area contributed by atoms with Crippen molar-refractivity contribution in [3.05, 3.63) is 23.3 Å². The fourth-order valence-electron chi connectivity index (χ4n) is 1.70. The molecule has 0 fully saturated rings. The highest BCUT2D eigenvalue weighted by atomic mass is 15.4. The van der Waals surface area contributed by atoms with Crippen LogP contribution in [0.1, 0.15) is 25.0 Å². The lowest BCUT2D eigenvalue weighted by molar-refractivity contribution is 0.483. The number of aromatic nitrogens is 3. The van der Waals surface area contributed by atoms with Crippen LogP contribution in [0.2, 0.25) is 0 Å². The molecule has 2 rings (SSSR count). The first-order chi connectivity index (χ1) is 7.08. The lowest BCUT2D eigenvalue weighted by Crippen LogP contribution is -2.06. The Bertz CT molecular complexity index is 483. The zero-order valence-corrected chi connectivity index (χ0v) is 9.78. The number of fused-ring (bicyclic) bond motifs is 1. The molecule has 1 aromatic carbocycles. The van der Waals surface area contributed by atoms with Gasteiger partial charge in [0.1, 0.15) is 5.52 Å². The first kappa shape index (κ1) is 10.1. The predicted molar refractivity (Wildman–Crippen MR) is 61.8 cm³/mol. The SMILES string of the molecule is Cc1cc2nnn(CC(C)C)c2cc1C. The van der Waals surface area contributed by atoms with E-state index < -0.39 is 0 Å². The van der Waals surface area contributed by atoms with Gasteiger partial charge in [0.05, 0.1) is 5.52 Å². The van der Waals surface area contributed by atoms with Crippen LogP contribution in [0.4, 0.5) is 0 Å². The molecule has 3 nitrogen and oxygen atoms in total. The maximum Gasteiger partial charge on any atom is 0.113 e. The molecule has 0 unspecified atom stereocenters. The average molecular weight is 203 g/mol. The number of hydrogen-bond donors (Lipinski definition) is 0. The summed E-state index contributed by atoms with van der Waals surface area (Å²) in [6, 6.07) is 4.28. The molecule has 0 aliphatic rings. The molecule has 1 aromatic heterocycles. The summed E-state index contributed by atoms with van der Waals surface area (Å²) in [4.78, 5) is 0. The summed E-state index contributed by atoms with van der Waals surface area (Å²) < 4.78 is 1.99. The molecule has 3 heteroatoms. The molecule has 2 aromatic rings. The van der Waals surface area contributed by atoms with Gasteiger partial charge < -0.3 is 0 Å². The van der Waals surface area contributed by atoms with Crippen LogP contribution in [-0.2, 0) is 6.54 Å². The fourth-order valence-corrected chi connectivity index (χ4v) is 1.70. The van der Waals surface area contributed by atoms with Crippen molar-refractivity contribution >= 4 is 11.0 Å². The van der Waals surface area contributed by atoms with Crippen LogP contribution < -0.4 is 0 Å². The molecule has 15 heavy (non-hydrogen) atoms. The third kappa shape index (κ3) is 1.87. The maximum atomic E-state index is 4.19. The molecule has 0 radical (unpaired) electrons. The molecule has 0 saturated heterocycles. The monoisotopic (exact) mass is 203 g/mol. The highest BCUT2D eigenvalue weighted by molar-refractivity contribution is 5.76. The molecule has 80 valence electrons. The van der Waals surface area contributed by atoms with Crippen LogP contribution in [-0.4, -0.2) is 15.0 Å². The lowest BCUT2D eigenvalue weighted by Gasteiger charge is -2.06. The highest BCUT2D eigenvalue weighted by Crippen LogP contribution is 2.17. The summed E-state index contributed by atoms with van der Waals surface area (Å²) >= 11 is 0. The zero-order chi connectivity index (χ0) is 11.0. The van der Waals surface area contributed by atoms with Crippen LogP contribution in [0, 0.1) is 19.8 Å². The van der Waals surface area contributed by atoms with E-state index in [1.807, 2.05) is 4.68 Å². The summed E-state index contributed by atoms with van der Waals surface area (Å²) in [7, 11) is 0. The smallest absolute Gasteiger partial charge is 0.113 e. The number of aryl methyl sites for hydroxylation is 2. The van der Waals surface area contributed by atoms with Crippen molar-refractivity contribution in [2.75, 3.05) is 0 Å². The second-order valence-corrected chi connectivity index (χ2v) is 4.59. The summed E-state index contributed by atoms with van der Waals surface area (Å²) in [5.74, 6) is 0.594. The zero-order valence-electron chi connectivity index (χ0n) is 9.78. The molecule has 0 N–H and O–H groups in total. The third-order valence-corrected chi connectivity index (χ3v) is 2.67. The molecule has 0 spiro atoms. The third-order valence-electron chi connectivity index (χ3n) is 2.67. The van der Waals surface area contributed by atoms with E-state index in [0.717, 1.165) is 17.6 Å². The van der Waals surface area contributed by atoms with Crippen LogP contribution in [0.3, 0.4) is 0 Å². The van der Waals surface area contributed by atoms with Gasteiger partial charge in [-0.15, -0.1) is 5.10 Å². The normalized spacial score (nSPS) is 11.5. The standard InChI is InChI=1S/C12H17N3/c1-8(2)7-15-12-6-10(4)9(3)5-11(12)13-14-15/h5-6,8H,7H2,1-4H3. The first-order valence-electron chi connectivity index (χ1n) is 5.38. The minimum Gasteiger partial charge on any atom is -0.244 e. The van der Waals surface area contributed by atoms with Gasteiger partial charge in [-0.3, -0.25) is 0 Å². The quantitative estimate of drug-likeness (QED) is 0.751. The second kappa shape index (κ2) is 3.65. The highest BCUT2D eigenvalue weighted by Gasteiger charge is 2.07. The first-order valence-corrected chi connectivity index (χ1v) is 5.38. The number of rotatable bonds is 2. The summed E-state index contributed by atoms with van der Waals surface area (Å²) in [5, 5.41) is 8.37. The molecule has 0 saturated carbocycles. The van der Waals surface area contributed by atoms with E-state index in [2.05, 4.69) is 50.1 Å². The van der Waals surface area contributed by atoms with Crippen molar-refractivity contribution in [1.82, 2.24) is 15.0 Å². The largest absolute Gasteiger partial charge is 0.244 e. The van der Waals surface area contributed by atoms with E-state index in [9.17, 15) is 0 Å².